The van der Waals surface area contributed by atoms with Crippen LogP contribution in [0.15, 0.2) is 66.4 Å². The number of rotatable bonds is 7. The molecule has 174 valence electrons. The van der Waals surface area contributed by atoms with E-state index < -0.39 is 11.8 Å². The molecular weight excluding hydrogens is 435 g/mol. The number of nitrogens with zero attached hydrogens (tertiary/aromatic N) is 1. The molecule has 4 rings (SSSR count). The molecule has 6 nitrogen and oxygen atoms in total. The topological polar surface area (TPSA) is 67.9 Å². The molecule has 34 heavy (non-hydrogen) atoms. The lowest BCUT2D eigenvalue weighted by molar-refractivity contribution is -0.137. The molecule has 7 heteroatoms. The Morgan fingerprint density at radius 3 is 2.24 bits per heavy atom. The number of benzene rings is 3. The second-order valence-electron chi connectivity index (χ2n) is 8.06. The number of hydrogen-bond donors (Lipinski definition) is 1. The van der Waals surface area contributed by atoms with E-state index in [-0.39, 0.29) is 23.6 Å². The van der Waals surface area contributed by atoms with E-state index in [1.807, 2.05) is 32.0 Å². The van der Waals surface area contributed by atoms with E-state index in [1.54, 1.807) is 37.4 Å². The first-order valence-electron chi connectivity index (χ1n) is 10.7. The molecule has 0 aromatic heterocycles. The number of carbonyl (C=O) groups excluding carboxylic acids is 2. The first-order chi connectivity index (χ1) is 16.3. The van der Waals surface area contributed by atoms with Gasteiger partial charge in [-0.15, -0.1) is 0 Å². The number of carbonyl (C=O) groups is 2. The van der Waals surface area contributed by atoms with Gasteiger partial charge < -0.3 is 14.8 Å². The predicted molar refractivity (Wildman–Crippen MR) is 128 cm³/mol. The van der Waals surface area contributed by atoms with E-state index in [2.05, 4.69) is 5.32 Å². The van der Waals surface area contributed by atoms with Crippen molar-refractivity contribution < 1.29 is 23.5 Å². The first-order valence-corrected chi connectivity index (χ1v) is 10.7. The van der Waals surface area contributed by atoms with Gasteiger partial charge in [0.25, 0.3) is 11.8 Å². The normalized spacial score (nSPS) is 13.5. The van der Waals surface area contributed by atoms with Crippen LogP contribution in [-0.4, -0.2) is 30.9 Å². The standard InChI is InChI=1S/C27H25FN2O4/c1-16-5-8-19(13-17(16)2)24-25(29-22-14-21(33-3)11-12-23(22)34-4)27(32)30(26(24)31)15-18-6-9-20(28)10-7-18/h5-14,29H,15H2,1-4H3. The summed E-state index contributed by atoms with van der Waals surface area (Å²) in [6, 6.07) is 16.5. The maximum Gasteiger partial charge on any atom is 0.278 e. The number of halogens is 1. The number of hydrogen-bond acceptors (Lipinski definition) is 5. The van der Waals surface area contributed by atoms with Gasteiger partial charge in [0, 0.05) is 6.07 Å². The van der Waals surface area contributed by atoms with Crippen molar-refractivity contribution >= 4 is 23.1 Å². The molecule has 1 N–H and O–H groups in total. The second kappa shape index (κ2) is 9.39. The van der Waals surface area contributed by atoms with E-state index in [9.17, 15) is 14.0 Å². The summed E-state index contributed by atoms with van der Waals surface area (Å²) in [5.74, 6) is -0.236. The SMILES string of the molecule is COc1ccc(OC)c(NC2=C(c3ccc(C)c(C)c3)C(=O)N(Cc3ccc(F)cc3)C2=O)c1. The third-order valence-electron chi connectivity index (χ3n) is 5.88. The van der Waals surface area contributed by atoms with E-state index in [1.165, 1.54) is 19.2 Å². The molecule has 1 heterocycles. The van der Waals surface area contributed by atoms with Crippen LogP contribution in [0.1, 0.15) is 22.3 Å². The van der Waals surface area contributed by atoms with Gasteiger partial charge in [-0.1, -0.05) is 30.3 Å². The van der Waals surface area contributed by atoms with E-state index >= 15 is 0 Å². The van der Waals surface area contributed by atoms with Crippen LogP contribution in [0.3, 0.4) is 0 Å². The van der Waals surface area contributed by atoms with Crippen molar-refractivity contribution in [1.82, 2.24) is 4.90 Å². The largest absolute Gasteiger partial charge is 0.497 e. The number of imide groups is 1. The molecule has 0 radical (unpaired) electrons. The zero-order valence-corrected chi connectivity index (χ0v) is 19.4. The zero-order chi connectivity index (χ0) is 24.4. The highest BCUT2D eigenvalue weighted by Crippen LogP contribution is 2.36. The fourth-order valence-electron chi connectivity index (χ4n) is 3.82. The fourth-order valence-corrected chi connectivity index (χ4v) is 3.82. The Balaban J connectivity index is 1.80. The van der Waals surface area contributed by atoms with Gasteiger partial charge in [0.1, 0.15) is 23.0 Å². The van der Waals surface area contributed by atoms with Crippen LogP contribution in [0.4, 0.5) is 10.1 Å². The molecule has 1 aliphatic rings. The summed E-state index contributed by atoms with van der Waals surface area (Å²) in [7, 11) is 3.06. The van der Waals surface area contributed by atoms with Crippen LogP contribution < -0.4 is 14.8 Å². The van der Waals surface area contributed by atoms with E-state index in [4.69, 9.17) is 9.47 Å². The molecule has 0 aliphatic carbocycles. The molecule has 3 aromatic rings. The maximum atomic E-state index is 13.5. The van der Waals surface area contributed by atoms with Crippen LogP contribution in [0.25, 0.3) is 5.57 Å². The Kier molecular flexibility index (Phi) is 6.36. The molecule has 0 saturated carbocycles. The highest BCUT2D eigenvalue weighted by Gasteiger charge is 2.39. The van der Waals surface area contributed by atoms with E-state index in [0.29, 0.717) is 28.3 Å². The molecule has 0 atom stereocenters. The molecule has 3 aromatic carbocycles. The van der Waals surface area contributed by atoms with Crippen LogP contribution >= 0.6 is 0 Å². The van der Waals surface area contributed by atoms with Crippen molar-refractivity contribution in [3.8, 4) is 11.5 Å². The minimum atomic E-state index is -0.479. The Bertz CT molecular complexity index is 1300. The summed E-state index contributed by atoms with van der Waals surface area (Å²) in [5.41, 5.74) is 4.24. The van der Waals surface area contributed by atoms with Gasteiger partial charge in [0.15, 0.2) is 0 Å². The lowest BCUT2D eigenvalue weighted by Gasteiger charge is -2.16. The summed E-state index contributed by atoms with van der Waals surface area (Å²) in [6.45, 7) is 3.96. The molecule has 1 aliphatic heterocycles. The monoisotopic (exact) mass is 460 g/mol. The average Bonchev–Trinajstić information content (AvgIpc) is 3.06. The minimum absolute atomic E-state index is 0.0206. The summed E-state index contributed by atoms with van der Waals surface area (Å²) in [5, 5.41) is 3.13. The first kappa shape index (κ1) is 23.0. The van der Waals surface area contributed by atoms with Crippen molar-refractivity contribution in [2.45, 2.75) is 20.4 Å². The molecule has 2 amide bonds. The van der Waals surface area contributed by atoms with Crippen molar-refractivity contribution in [2.24, 2.45) is 0 Å². The van der Waals surface area contributed by atoms with Gasteiger partial charge >= 0.3 is 0 Å². The number of anilines is 1. The Hall–Kier alpha value is -4.13. The zero-order valence-electron chi connectivity index (χ0n) is 19.4. The van der Waals surface area contributed by atoms with Gasteiger partial charge in [-0.2, -0.15) is 0 Å². The molecule has 0 unspecified atom stereocenters. The van der Waals surface area contributed by atoms with Crippen LogP contribution in [0.2, 0.25) is 0 Å². The molecular formula is C27H25FN2O4. The quantitative estimate of drug-likeness (QED) is 0.511. The van der Waals surface area contributed by atoms with Crippen molar-refractivity contribution in [3.05, 3.63) is 94.4 Å². The van der Waals surface area contributed by atoms with Gasteiger partial charge in [0.05, 0.1) is 32.0 Å². The van der Waals surface area contributed by atoms with Crippen LogP contribution in [0, 0.1) is 19.7 Å². The third-order valence-corrected chi connectivity index (χ3v) is 5.88. The van der Waals surface area contributed by atoms with E-state index in [0.717, 1.165) is 16.0 Å². The fraction of sp³-hybridized carbons (Fsp3) is 0.185. The minimum Gasteiger partial charge on any atom is -0.497 e. The lowest BCUT2D eigenvalue weighted by Crippen LogP contribution is -2.32. The van der Waals surface area contributed by atoms with Crippen molar-refractivity contribution in [2.75, 3.05) is 19.5 Å². The van der Waals surface area contributed by atoms with Gasteiger partial charge in [-0.25, -0.2) is 4.39 Å². The van der Waals surface area contributed by atoms with Crippen LogP contribution in [0.5, 0.6) is 11.5 Å². The summed E-state index contributed by atoms with van der Waals surface area (Å²) in [6.07, 6.45) is 0. The summed E-state index contributed by atoms with van der Waals surface area (Å²) in [4.78, 5) is 28.2. The third kappa shape index (κ3) is 4.37. The number of aryl methyl sites for hydroxylation is 2. The number of nitrogens with one attached hydrogen (secondary N) is 1. The van der Waals surface area contributed by atoms with Crippen molar-refractivity contribution in [3.63, 3.8) is 0 Å². The van der Waals surface area contributed by atoms with Gasteiger partial charge in [0.2, 0.25) is 0 Å². The average molecular weight is 461 g/mol. The second-order valence-corrected chi connectivity index (χ2v) is 8.06. The maximum absolute atomic E-state index is 13.5. The molecule has 0 spiro atoms. The Labute approximate surface area is 197 Å². The smallest absolute Gasteiger partial charge is 0.278 e. The Morgan fingerprint density at radius 2 is 1.59 bits per heavy atom. The summed E-state index contributed by atoms with van der Waals surface area (Å²) < 4.78 is 24.1. The summed E-state index contributed by atoms with van der Waals surface area (Å²) >= 11 is 0. The van der Waals surface area contributed by atoms with Crippen molar-refractivity contribution in [1.29, 1.82) is 0 Å². The highest BCUT2D eigenvalue weighted by atomic mass is 19.1. The number of methoxy groups -OCH3 is 2. The van der Waals surface area contributed by atoms with Crippen LogP contribution in [-0.2, 0) is 16.1 Å². The Morgan fingerprint density at radius 1 is 0.853 bits per heavy atom. The molecule has 0 fully saturated rings. The molecule has 0 saturated heterocycles. The number of ether oxygens (including phenoxy) is 2. The molecule has 0 bridgehead atoms. The lowest BCUT2D eigenvalue weighted by atomic mass is 9.99. The number of amides is 2. The van der Waals surface area contributed by atoms with Gasteiger partial charge in [-0.05, 0) is 60.4 Å². The highest BCUT2D eigenvalue weighted by molar-refractivity contribution is 6.36. The predicted octanol–water partition coefficient (Wildman–Crippen LogP) is 4.85. The van der Waals surface area contributed by atoms with Gasteiger partial charge in [-0.3, -0.25) is 14.5 Å².